The van der Waals surface area contributed by atoms with Crippen molar-refractivity contribution in [3.8, 4) is 0 Å². The summed E-state index contributed by atoms with van der Waals surface area (Å²) in [4.78, 5) is 0. The molecule has 1 aliphatic rings. The third-order valence-electron chi connectivity index (χ3n) is 4.09. The smallest absolute Gasteiger partial charge is 0.0211 e. The summed E-state index contributed by atoms with van der Waals surface area (Å²) >= 11 is 0. The quantitative estimate of drug-likeness (QED) is 0.624. The Morgan fingerprint density at radius 2 is 1.67 bits per heavy atom. The first-order valence-corrected chi connectivity index (χ1v) is 7.31. The van der Waals surface area contributed by atoms with Crippen molar-refractivity contribution in [3.05, 3.63) is 48.0 Å². The van der Waals surface area contributed by atoms with E-state index in [-0.39, 0.29) is 24.8 Å². The van der Waals surface area contributed by atoms with Gasteiger partial charge in [-0.3, -0.25) is 0 Å². The molecule has 0 aromatic heterocycles. The lowest BCUT2D eigenvalue weighted by Gasteiger charge is -2.23. The largest absolute Gasteiger partial charge is 1.00 e. The van der Waals surface area contributed by atoms with Crippen LogP contribution < -0.4 is 35.4 Å². The van der Waals surface area contributed by atoms with Gasteiger partial charge in [-0.25, -0.2) is 0 Å². The number of piperidine rings is 1. The third-order valence-corrected chi connectivity index (χ3v) is 4.09. The Bertz CT molecular complexity index is 534. The van der Waals surface area contributed by atoms with E-state index in [0.717, 1.165) is 19.0 Å². The lowest BCUT2D eigenvalue weighted by molar-refractivity contribution is -0.001000. The van der Waals surface area contributed by atoms with Gasteiger partial charge in [-0.2, -0.15) is 0 Å². The van der Waals surface area contributed by atoms with E-state index in [1.807, 2.05) is 0 Å². The van der Waals surface area contributed by atoms with Crippen molar-refractivity contribution < 1.29 is 24.8 Å². The molecule has 0 amide bonds. The van der Waals surface area contributed by atoms with Crippen LogP contribution in [0.3, 0.4) is 0 Å². The van der Waals surface area contributed by atoms with E-state index >= 15 is 0 Å². The first kappa shape index (κ1) is 18.2. The zero-order valence-electron chi connectivity index (χ0n) is 12.1. The second-order valence-corrected chi connectivity index (χ2v) is 5.46. The lowest BCUT2D eigenvalue weighted by atomic mass is 9.98. The molecule has 4 heteroatoms. The van der Waals surface area contributed by atoms with Gasteiger partial charge in [0.25, 0.3) is 0 Å². The molecular weight excluding hydrogens is 303 g/mol. The average Bonchev–Trinajstić information content (AvgIpc) is 2.49. The molecule has 0 spiro atoms. The molecule has 2 N–H and O–H groups in total. The maximum atomic E-state index is 3.64. The van der Waals surface area contributed by atoms with E-state index in [9.17, 15) is 0 Å². The van der Waals surface area contributed by atoms with Gasteiger partial charge in [-0.1, -0.05) is 42.5 Å². The molecule has 3 rings (SSSR count). The Kier molecular flexibility index (Phi) is 8.05. The SMILES string of the molecule is [Cl-].[Cl-].c1ccc2c(CNCC3CCNCC3)cccc2c1. The topological polar surface area (TPSA) is 24.1 Å². The summed E-state index contributed by atoms with van der Waals surface area (Å²) in [5, 5.41) is 9.77. The minimum Gasteiger partial charge on any atom is -1.00 e. The third kappa shape index (κ3) is 4.86. The number of halogens is 2. The fraction of sp³-hybridized carbons (Fsp3) is 0.412. The Hall–Kier alpha value is -0.800. The summed E-state index contributed by atoms with van der Waals surface area (Å²) in [7, 11) is 0. The summed E-state index contributed by atoms with van der Waals surface area (Å²) < 4.78 is 0. The van der Waals surface area contributed by atoms with Gasteiger partial charge in [-0.15, -0.1) is 0 Å². The molecule has 0 bridgehead atoms. The van der Waals surface area contributed by atoms with E-state index in [1.165, 1.54) is 42.3 Å². The molecule has 1 heterocycles. The molecule has 21 heavy (non-hydrogen) atoms. The van der Waals surface area contributed by atoms with Crippen LogP contribution in [0, 0.1) is 5.92 Å². The molecular formula is C17H22Cl2N2-2. The summed E-state index contributed by atoms with van der Waals surface area (Å²) in [6, 6.07) is 15.2. The Balaban J connectivity index is 0.00000110. The number of rotatable bonds is 4. The van der Waals surface area contributed by atoms with E-state index in [1.54, 1.807) is 0 Å². The van der Waals surface area contributed by atoms with Crippen molar-refractivity contribution in [1.82, 2.24) is 10.6 Å². The van der Waals surface area contributed by atoms with Crippen molar-refractivity contribution in [1.29, 1.82) is 0 Å². The highest BCUT2D eigenvalue weighted by atomic mass is 35.5. The van der Waals surface area contributed by atoms with E-state index in [0.29, 0.717) is 0 Å². The normalized spacial score (nSPS) is 15.2. The predicted octanol–water partition coefficient (Wildman–Crippen LogP) is -3.06. The Morgan fingerprint density at radius 1 is 0.952 bits per heavy atom. The average molecular weight is 325 g/mol. The zero-order chi connectivity index (χ0) is 12.9. The van der Waals surface area contributed by atoms with Crippen molar-refractivity contribution >= 4 is 10.8 Å². The second kappa shape index (κ2) is 9.26. The summed E-state index contributed by atoms with van der Waals surface area (Å²) in [5.41, 5.74) is 1.41. The van der Waals surface area contributed by atoms with Crippen LogP contribution in [0.15, 0.2) is 42.5 Å². The molecule has 116 valence electrons. The molecule has 2 nitrogen and oxygen atoms in total. The van der Waals surface area contributed by atoms with Crippen LogP contribution in [0.4, 0.5) is 0 Å². The summed E-state index contributed by atoms with van der Waals surface area (Å²) in [6.07, 6.45) is 2.62. The Labute approximate surface area is 139 Å². The summed E-state index contributed by atoms with van der Waals surface area (Å²) in [6.45, 7) is 4.48. The molecule has 0 saturated carbocycles. The molecule has 0 atom stereocenters. The first-order chi connectivity index (χ1) is 9.43. The van der Waals surface area contributed by atoms with Crippen LogP contribution in [0.1, 0.15) is 18.4 Å². The van der Waals surface area contributed by atoms with Gasteiger partial charge >= 0.3 is 0 Å². The second-order valence-electron chi connectivity index (χ2n) is 5.46. The molecule has 2 aromatic carbocycles. The van der Waals surface area contributed by atoms with Gasteiger partial charge < -0.3 is 35.4 Å². The maximum Gasteiger partial charge on any atom is 0.0211 e. The molecule has 0 radical (unpaired) electrons. The standard InChI is InChI=1S/C17H22N2.2ClH/c1-2-7-17-15(4-1)5-3-6-16(17)13-19-12-14-8-10-18-11-9-14;;/h1-7,14,18-19H,8-13H2;2*1H/p-2. The van der Waals surface area contributed by atoms with Crippen LogP contribution in [0.25, 0.3) is 10.8 Å². The number of hydrogen-bond acceptors (Lipinski definition) is 2. The predicted molar refractivity (Wildman–Crippen MR) is 81.2 cm³/mol. The molecule has 1 aliphatic heterocycles. The van der Waals surface area contributed by atoms with Crippen molar-refractivity contribution in [3.63, 3.8) is 0 Å². The van der Waals surface area contributed by atoms with Gasteiger partial charge in [0.15, 0.2) is 0 Å². The van der Waals surface area contributed by atoms with Gasteiger partial charge in [0.1, 0.15) is 0 Å². The highest BCUT2D eigenvalue weighted by Crippen LogP contribution is 2.18. The first-order valence-electron chi connectivity index (χ1n) is 7.31. The molecule has 1 saturated heterocycles. The fourth-order valence-corrected chi connectivity index (χ4v) is 2.94. The minimum absolute atomic E-state index is 0. The summed E-state index contributed by atoms with van der Waals surface area (Å²) in [5.74, 6) is 0.844. The van der Waals surface area contributed by atoms with Crippen LogP contribution in [-0.4, -0.2) is 19.6 Å². The van der Waals surface area contributed by atoms with E-state index in [4.69, 9.17) is 0 Å². The molecule has 2 aromatic rings. The van der Waals surface area contributed by atoms with E-state index in [2.05, 4.69) is 53.1 Å². The van der Waals surface area contributed by atoms with Gasteiger partial charge in [0.05, 0.1) is 0 Å². The molecule has 0 aliphatic carbocycles. The van der Waals surface area contributed by atoms with Crippen LogP contribution in [0.5, 0.6) is 0 Å². The highest BCUT2D eigenvalue weighted by molar-refractivity contribution is 5.85. The molecule has 1 fully saturated rings. The number of benzene rings is 2. The Morgan fingerprint density at radius 3 is 2.48 bits per heavy atom. The lowest BCUT2D eigenvalue weighted by Crippen LogP contribution is -3.00. The number of fused-ring (bicyclic) bond motifs is 1. The van der Waals surface area contributed by atoms with Crippen LogP contribution in [-0.2, 0) is 6.54 Å². The van der Waals surface area contributed by atoms with Crippen molar-refractivity contribution in [2.75, 3.05) is 19.6 Å². The van der Waals surface area contributed by atoms with E-state index < -0.39 is 0 Å². The fourth-order valence-electron chi connectivity index (χ4n) is 2.94. The van der Waals surface area contributed by atoms with Gasteiger partial charge in [0, 0.05) is 6.54 Å². The molecule has 0 unspecified atom stereocenters. The number of hydrogen-bond donors (Lipinski definition) is 2. The maximum absolute atomic E-state index is 3.64. The van der Waals surface area contributed by atoms with Crippen LogP contribution in [0.2, 0.25) is 0 Å². The zero-order valence-corrected chi connectivity index (χ0v) is 13.6. The van der Waals surface area contributed by atoms with Crippen molar-refractivity contribution in [2.24, 2.45) is 5.92 Å². The van der Waals surface area contributed by atoms with Gasteiger partial charge in [0.2, 0.25) is 0 Å². The number of nitrogens with one attached hydrogen (secondary N) is 2. The monoisotopic (exact) mass is 324 g/mol. The van der Waals surface area contributed by atoms with Gasteiger partial charge in [-0.05, 0) is 54.7 Å². The highest BCUT2D eigenvalue weighted by Gasteiger charge is 2.12. The minimum atomic E-state index is 0. The van der Waals surface area contributed by atoms with Crippen LogP contribution >= 0.6 is 0 Å². The van der Waals surface area contributed by atoms with Crippen molar-refractivity contribution in [2.45, 2.75) is 19.4 Å².